The second-order valence-electron chi connectivity index (χ2n) is 4.64. The molecule has 0 aliphatic rings. The van der Waals surface area contributed by atoms with Crippen LogP contribution in [0.1, 0.15) is 29.5 Å². The molecule has 1 N–H and O–H groups in total. The van der Waals surface area contributed by atoms with Crippen LogP contribution in [0, 0.1) is 0 Å². The molecule has 19 heavy (non-hydrogen) atoms. The summed E-state index contributed by atoms with van der Waals surface area (Å²) in [4.78, 5) is 2.98. The maximum atomic E-state index is 3.62. The van der Waals surface area contributed by atoms with Gasteiger partial charge < -0.3 is 5.32 Å². The quantitative estimate of drug-likeness (QED) is 0.691. The van der Waals surface area contributed by atoms with Crippen LogP contribution >= 0.6 is 38.6 Å². The minimum absolute atomic E-state index is 0.607. The summed E-state index contributed by atoms with van der Waals surface area (Å²) in [6.45, 7) is 3.24. The third-order valence-corrected chi connectivity index (χ3v) is 5.71. The number of hydrogen-bond donors (Lipinski definition) is 1. The summed E-state index contributed by atoms with van der Waals surface area (Å²) in [6, 6.07) is 9.37. The molecule has 104 valence electrons. The number of likely N-dealkylation sites (N-methyl/N-ethyl adjacent to an activating group) is 1. The van der Waals surface area contributed by atoms with Crippen molar-refractivity contribution < 1.29 is 0 Å². The number of thiophene rings is 2. The zero-order chi connectivity index (χ0) is 13.5. The minimum Gasteiger partial charge on any atom is -0.314 e. The Hall–Kier alpha value is -0.160. The van der Waals surface area contributed by atoms with E-state index in [0.29, 0.717) is 6.04 Å². The monoisotopic (exact) mass is 357 g/mol. The molecule has 0 saturated carbocycles. The van der Waals surface area contributed by atoms with Gasteiger partial charge in [0, 0.05) is 15.8 Å². The smallest absolute Gasteiger partial charge is 0.0701 e. The maximum absolute atomic E-state index is 3.62. The van der Waals surface area contributed by atoms with Gasteiger partial charge in [-0.15, -0.1) is 22.7 Å². The number of aryl methyl sites for hydroxylation is 1. The Morgan fingerprint density at radius 3 is 2.79 bits per heavy atom. The summed E-state index contributed by atoms with van der Waals surface area (Å²) in [6.07, 6.45) is 4.88. The third kappa shape index (κ3) is 5.38. The first kappa shape index (κ1) is 15.2. The fraction of sp³-hybridized carbons (Fsp3) is 0.467. The zero-order valence-corrected chi connectivity index (χ0v) is 14.4. The highest BCUT2D eigenvalue weighted by Gasteiger charge is 2.10. The lowest BCUT2D eigenvalue weighted by atomic mass is 10.0. The summed E-state index contributed by atoms with van der Waals surface area (Å²) < 4.78 is 1.23. The maximum Gasteiger partial charge on any atom is 0.0701 e. The predicted octanol–water partition coefficient (Wildman–Crippen LogP) is 5.12. The van der Waals surface area contributed by atoms with Gasteiger partial charge in [-0.25, -0.2) is 0 Å². The highest BCUT2D eigenvalue weighted by Crippen LogP contribution is 2.24. The van der Waals surface area contributed by atoms with Crippen LogP contribution in [0.15, 0.2) is 33.4 Å². The molecule has 0 radical (unpaired) electrons. The van der Waals surface area contributed by atoms with Gasteiger partial charge in [-0.1, -0.05) is 13.0 Å². The first-order valence-electron chi connectivity index (χ1n) is 6.78. The molecule has 1 unspecified atom stereocenters. The molecule has 0 aromatic carbocycles. The summed E-state index contributed by atoms with van der Waals surface area (Å²) in [7, 11) is 0. The van der Waals surface area contributed by atoms with Gasteiger partial charge >= 0.3 is 0 Å². The molecule has 1 nitrogen and oxygen atoms in total. The van der Waals surface area contributed by atoms with Crippen LogP contribution in [0.4, 0.5) is 0 Å². The fourth-order valence-corrected chi connectivity index (χ4v) is 4.56. The Balaban J connectivity index is 1.78. The van der Waals surface area contributed by atoms with Crippen molar-refractivity contribution in [3.63, 3.8) is 0 Å². The van der Waals surface area contributed by atoms with Crippen molar-refractivity contribution in [1.82, 2.24) is 5.32 Å². The largest absolute Gasteiger partial charge is 0.314 e. The molecule has 2 aromatic heterocycles. The summed E-state index contributed by atoms with van der Waals surface area (Å²) in [5.41, 5.74) is 0. The van der Waals surface area contributed by atoms with Gasteiger partial charge in [0.25, 0.3) is 0 Å². The van der Waals surface area contributed by atoms with Gasteiger partial charge in [0.05, 0.1) is 3.79 Å². The van der Waals surface area contributed by atoms with Crippen molar-refractivity contribution >= 4 is 38.6 Å². The first-order chi connectivity index (χ1) is 9.28. The van der Waals surface area contributed by atoms with Crippen LogP contribution in [0.2, 0.25) is 0 Å². The molecule has 0 fully saturated rings. The number of hydrogen-bond acceptors (Lipinski definition) is 3. The molecule has 1 atom stereocenters. The lowest BCUT2D eigenvalue weighted by Crippen LogP contribution is -2.30. The fourth-order valence-electron chi connectivity index (χ4n) is 2.25. The van der Waals surface area contributed by atoms with Gasteiger partial charge in [0.1, 0.15) is 0 Å². The van der Waals surface area contributed by atoms with E-state index in [4.69, 9.17) is 0 Å². The Morgan fingerprint density at radius 1 is 1.26 bits per heavy atom. The van der Waals surface area contributed by atoms with Gasteiger partial charge in [-0.2, -0.15) is 0 Å². The van der Waals surface area contributed by atoms with Crippen LogP contribution in [0.25, 0.3) is 0 Å². The van der Waals surface area contributed by atoms with E-state index in [1.165, 1.54) is 32.8 Å². The van der Waals surface area contributed by atoms with Crippen molar-refractivity contribution in [2.24, 2.45) is 0 Å². The van der Waals surface area contributed by atoms with Crippen molar-refractivity contribution in [1.29, 1.82) is 0 Å². The topological polar surface area (TPSA) is 12.0 Å². The van der Waals surface area contributed by atoms with Crippen LogP contribution in [-0.4, -0.2) is 12.6 Å². The van der Waals surface area contributed by atoms with E-state index in [2.05, 4.69) is 57.8 Å². The Kier molecular flexibility index (Phi) is 6.57. The van der Waals surface area contributed by atoms with Crippen LogP contribution in [0.3, 0.4) is 0 Å². The Bertz CT molecular complexity index is 464. The molecule has 2 rings (SSSR count). The molecule has 0 aliphatic heterocycles. The summed E-state index contributed by atoms with van der Waals surface area (Å²) in [5.74, 6) is 0. The van der Waals surface area contributed by atoms with E-state index in [9.17, 15) is 0 Å². The minimum atomic E-state index is 0.607. The number of rotatable bonds is 8. The SMILES string of the molecule is CCNC(CCCc1cccs1)Cc1ccc(Br)s1. The second-order valence-corrected chi connectivity index (χ2v) is 8.22. The van der Waals surface area contributed by atoms with Crippen molar-refractivity contribution in [3.05, 3.63) is 43.2 Å². The summed E-state index contributed by atoms with van der Waals surface area (Å²) >= 11 is 7.26. The van der Waals surface area contributed by atoms with Gasteiger partial charge in [0.2, 0.25) is 0 Å². The lowest BCUT2D eigenvalue weighted by Gasteiger charge is -2.16. The molecule has 2 heterocycles. The number of nitrogens with one attached hydrogen (secondary N) is 1. The Labute approximate surface area is 132 Å². The Morgan fingerprint density at radius 2 is 2.16 bits per heavy atom. The van der Waals surface area contributed by atoms with E-state index < -0.39 is 0 Å². The van der Waals surface area contributed by atoms with Crippen LogP contribution in [0.5, 0.6) is 0 Å². The van der Waals surface area contributed by atoms with Crippen molar-refractivity contribution in [3.8, 4) is 0 Å². The molecular weight excluding hydrogens is 338 g/mol. The molecule has 0 bridgehead atoms. The molecule has 2 aromatic rings. The number of halogens is 1. The molecule has 0 aliphatic carbocycles. The standard InChI is InChI=1S/C15H20BrNS2/c1-2-17-12(11-14-8-9-15(16)19-14)5-3-6-13-7-4-10-18-13/h4,7-10,12,17H,2-3,5-6,11H2,1H3. The lowest BCUT2D eigenvalue weighted by molar-refractivity contribution is 0.479. The van der Waals surface area contributed by atoms with E-state index >= 15 is 0 Å². The van der Waals surface area contributed by atoms with E-state index in [-0.39, 0.29) is 0 Å². The molecule has 0 amide bonds. The van der Waals surface area contributed by atoms with Gasteiger partial charge in [-0.3, -0.25) is 0 Å². The highest BCUT2D eigenvalue weighted by molar-refractivity contribution is 9.11. The molecule has 0 saturated heterocycles. The van der Waals surface area contributed by atoms with Crippen molar-refractivity contribution in [2.75, 3.05) is 6.54 Å². The third-order valence-electron chi connectivity index (χ3n) is 3.13. The van der Waals surface area contributed by atoms with E-state index in [1.54, 1.807) is 0 Å². The van der Waals surface area contributed by atoms with Crippen LogP contribution < -0.4 is 5.32 Å². The zero-order valence-electron chi connectivity index (χ0n) is 11.2. The molecular formula is C15H20BrNS2. The van der Waals surface area contributed by atoms with Crippen LogP contribution in [-0.2, 0) is 12.8 Å². The highest BCUT2D eigenvalue weighted by atomic mass is 79.9. The van der Waals surface area contributed by atoms with Gasteiger partial charge in [0.15, 0.2) is 0 Å². The van der Waals surface area contributed by atoms with Crippen molar-refractivity contribution in [2.45, 2.75) is 38.6 Å². The van der Waals surface area contributed by atoms with Gasteiger partial charge in [-0.05, 0) is 71.7 Å². The molecule has 0 spiro atoms. The normalized spacial score (nSPS) is 12.7. The predicted molar refractivity (Wildman–Crippen MR) is 90.4 cm³/mol. The summed E-state index contributed by atoms with van der Waals surface area (Å²) in [5, 5.41) is 5.78. The molecule has 4 heteroatoms. The average molecular weight is 358 g/mol. The average Bonchev–Trinajstić information content (AvgIpc) is 3.01. The van der Waals surface area contributed by atoms with E-state index in [1.807, 2.05) is 22.7 Å². The first-order valence-corrected chi connectivity index (χ1v) is 9.27. The second kappa shape index (κ2) is 8.20. The van der Waals surface area contributed by atoms with E-state index in [0.717, 1.165) is 13.0 Å².